The van der Waals surface area contributed by atoms with Crippen molar-refractivity contribution in [2.75, 3.05) is 7.05 Å². The van der Waals surface area contributed by atoms with Gasteiger partial charge in [0.05, 0.1) is 0 Å². The molecule has 0 bridgehead atoms. The first-order chi connectivity index (χ1) is 8.63. The zero-order valence-electron chi connectivity index (χ0n) is 10.9. The van der Waals surface area contributed by atoms with Crippen LogP contribution in [-0.4, -0.2) is 11.9 Å². The van der Waals surface area contributed by atoms with Crippen molar-refractivity contribution in [3.05, 3.63) is 69.7 Å². The molecule has 0 fully saturated rings. The lowest BCUT2D eigenvalue weighted by atomic mass is 10.1. The third-order valence-corrected chi connectivity index (χ3v) is 3.47. The summed E-state index contributed by atoms with van der Waals surface area (Å²) in [5.41, 5.74) is 4.02. The van der Waals surface area contributed by atoms with E-state index in [0.29, 0.717) is 0 Å². The molecule has 0 aliphatic rings. The highest BCUT2D eigenvalue weighted by Crippen LogP contribution is 2.13. The molecule has 0 saturated carbocycles. The van der Waals surface area contributed by atoms with Gasteiger partial charge in [0, 0.05) is 17.6 Å². The molecule has 0 heterocycles. The van der Waals surface area contributed by atoms with Gasteiger partial charge in [0.25, 0.3) is 0 Å². The van der Waals surface area contributed by atoms with Crippen molar-refractivity contribution in [2.45, 2.75) is 20.0 Å². The average molecular weight is 304 g/mol. The third-order valence-electron chi connectivity index (χ3n) is 2.94. The Balaban J connectivity index is 1.94. The van der Waals surface area contributed by atoms with Gasteiger partial charge in [-0.1, -0.05) is 57.9 Å². The van der Waals surface area contributed by atoms with Crippen LogP contribution in [0.5, 0.6) is 0 Å². The maximum absolute atomic E-state index is 3.46. The summed E-state index contributed by atoms with van der Waals surface area (Å²) in [5.74, 6) is 0. The Hall–Kier alpha value is -1.12. The molecular weight excluding hydrogens is 286 g/mol. The van der Waals surface area contributed by atoms with Crippen LogP contribution in [0.1, 0.15) is 16.7 Å². The molecular formula is C16H18BrN. The van der Waals surface area contributed by atoms with E-state index < -0.39 is 0 Å². The summed E-state index contributed by atoms with van der Waals surface area (Å²) in [7, 11) is 2.15. The summed E-state index contributed by atoms with van der Waals surface area (Å²) in [6.07, 6.45) is 0. The zero-order valence-corrected chi connectivity index (χ0v) is 12.4. The van der Waals surface area contributed by atoms with Crippen LogP contribution in [0.15, 0.2) is 53.0 Å². The summed E-state index contributed by atoms with van der Waals surface area (Å²) >= 11 is 3.46. The fraction of sp³-hybridized carbons (Fsp3) is 0.250. The van der Waals surface area contributed by atoms with Crippen molar-refractivity contribution < 1.29 is 0 Å². The number of hydrogen-bond donors (Lipinski definition) is 0. The SMILES string of the molecule is Cc1ccc(CN(C)Cc2ccc(Br)cc2)cc1. The smallest absolute Gasteiger partial charge is 0.0234 e. The van der Waals surface area contributed by atoms with Crippen LogP contribution in [0.4, 0.5) is 0 Å². The van der Waals surface area contributed by atoms with Gasteiger partial charge in [0.2, 0.25) is 0 Å². The Kier molecular flexibility index (Phi) is 4.56. The van der Waals surface area contributed by atoms with Gasteiger partial charge in [-0.05, 0) is 37.2 Å². The molecule has 2 aromatic rings. The molecule has 0 aliphatic carbocycles. The summed E-state index contributed by atoms with van der Waals surface area (Å²) in [6.45, 7) is 4.08. The molecule has 0 aromatic heterocycles. The van der Waals surface area contributed by atoms with Gasteiger partial charge in [0.1, 0.15) is 0 Å². The largest absolute Gasteiger partial charge is 0.298 e. The predicted molar refractivity (Wildman–Crippen MR) is 80.5 cm³/mol. The Morgan fingerprint density at radius 1 is 0.833 bits per heavy atom. The third kappa shape index (κ3) is 3.97. The van der Waals surface area contributed by atoms with E-state index in [2.05, 4.69) is 83.3 Å². The van der Waals surface area contributed by atoms with E-state index in [4.69, 9.17) is 0 Å². The lowest BCUT2D eigenvalue weighted by Crippen LogP contribution is -2.17. The summed E-state index contributed by atoms with van der Waals surface area (Å²) < 4.78 is 1.13. The number of aryl methyl sites for hydroxylation is 1. The van der Waals surface area contributed by atoms with E-state index in [1.54, 1.807) is 0 Å². The highest BCUT2D eigenvalue weighted by molar-refractivity contribution is 9.10. The van der Waals surface area contributed by atoms with Crippen molar-refractivity contribution >= 4 is 15.9 Å². The molecule has 0 unspecified atom stereocenters. The molecule has 2 rings (SSSR count). The molecule has 0 amide bonds. The molecule has 2 heteroatoms. The minimum atomic E-state index is 0.973. The first-order valence-electron chi connectivity index (χ1n) is 6.12. The van der Waals surface area contributed by atoms with Crippen LogP contribution in [0.25, 0.3) is 0 Å². The zero-order chi connectivity index (χ0) is 13.0. The Morgan fingerprint density at radius 2 is 1.28 bits per heavy atom. The van der Waals surface area contributed by atoms with E-state index in [9.17, 15) is 0 Å². The van der Waals surface area contributed by atoms with Crippen LogP contribution in [0, 0.1) is 6.92 Å². The van der Waals surface area contributed by atoms with E-state index >= 15 is 0 Å². The topological polar surface area (TPSA) is 3.24 Å². The van der Waals surface area contributed by atoms with E-state index in [1.165, 1.54) is 16.7 Å². The predicted octanol–water partition coefficient (Wildman–Crippen LogP) is 4.39. The number of nitrogens with zero attached hydrogens (tertiary/aromatic N) is 1. The van der Waals surface area contributed by atoms with Gasteiger partial charge in [0.15, 0.2) is 0 Å². The molecule has 0 radical (unpaired) electrons. The number of rotatable bonds is 4. The number of benzene rings is 2. The second-order valence-corrected chi connectivity index (χ2v) is 5.70. The average Bonchev–Trinajstić information content (AvgIpc) is 2.35. The molecule has 0 saturated heterocycles. The lowest BCUT2D eigenvalue weighted by molar-refractivity contribution is 0.319. The van der Waals surface area contributed by atoms with Crippen LogP contribution in [0.2, 0.25) is 0 Å². The fourth-order valence-electron chi connectivity index (χ4n) is 1.96. The Labute approximate surface area is 118 Å². The second-order valence-electron chi connectivity index (χ2n) is 4.78. The van der Waals surface area contributed by atoms with Gasteiger partial charge < -0.3 is 0 Å². The van der Waals surface area contributed by atoms with Crippen molar-refractivity contribution in [3.63, 3.8) is 0 Å². The van der Waals surface area contributed by atoms with Gasteiger partial charge in [-0.25, -0.2) is 0 Å². The normalized spacial score (nSPS) is 10.9. The highest BCUT2D eigenvalue weighted by Gasteiger charge is 2.01. The molecule has 2 aromatic carbocycles. The van der Waals surface area contributed by atoms with Crippen LogP contribution in [0.3, 0.4) is 0 Å². The number of hydrogen-bond acceptors (Lipinski definition) is 1. The summed E-state index contributed by atoms with van der Waals surface area (Å²) in [6, 6.07) is 17.3. The molecule has 0 aliphatic heterocycles. The van der Waals surface area contributed by atoms with Gasteiger partial charge >= 0.3 is 0 Å². The number of halogens is 1. The van der Waals surface area contributed by atoms with Crippen LogP contribution >= 0.6 is 15.9 Å². The monoisotopic (exact) mass is 303 g/mol. The first kappa shape index (κ1) is 13.3. The van der Waals surface area contributed by atoms with Crippen LogP contribution in [-0.2, 0) is 13.1 Å². The van der Waals surface area contributed by atoms with E-state index in [0.717, 1.165) is 17.6 Å². The molecule has 0 N–H and O–H groups in total. The molecule has 94 valence electrons. The van der Waals surface area contributed by atoms with Gasteiger partial charge in [-0.2, -0.15) is 0 Å². The molecule has 1 nitrogen and oxygen atoms in total. The van der Waals surface area contributed by atoms with E-state index in [1.807, 2.05) is 0 Å². The molecule has 0 spiro atoms. The standard InChI is InChI=1S/C16H18BrN/c1-13-3-5-14(6-4-13)11-18(2)12-15-7-9-16(17)10-8-15/h3-10H,11-12H2,1-2H3. The fourth-order valence-corrected chi connectivity index (χ4v) is 2.23. The van der Waals surface area contributed by atoms with Crippen molar-refractivity contribution in [2.24, 2.45) is 0 Å². The highest BCUT2D eigenvalue weighted by atomic mass is 79.9. The molecule has 0 atom stereocenters. The minimum Gasteiger partial charge on any atom is -0.298 e. The van der Waals surface area contributed by atoms with E-state index in [-0.39, 0.29) is 0 Å². The second kappa shape index (κ2) is 6.17. The lowest BCUT2D eigenvalue weighted by Gasteiger charge is -2.17. The maximum Gasteiger partial charge on any atom is 0.0234 e. The van der Waals surface area contributed by atoms with Crippen molar-refractivity contribution in [1.82, 2.24) is 4.90 Å². The Morgan fingerprint density at radius 3 is 1.78 bits per heavy atom. The van der Waals surface area contributed by atoms with Crippen LogP contribution < -0.4 is 0 Å². The summed E-state index contributed by atoms with van der Waals surface area (Å²) in [4.78, 5) is 2.33. The molecule has 18 heavy (non-hydrogen) atoms. The maximum atomic E-state index is 3.46. The Bertz CT molecular complexity index is 440. The van der Waals surface area contributed by atoms with Gasteiger partial charge in [-0.15, -0.1) is 0 Å². The van der Waals surface area contributed by atoms with Crippen molar-refractivity contribution in [3.8, 4) is 0 Å². The minimum absolute atomic E-state index is 0.973. The summed E-state index contributed by atoms with van der Waals surface area (Å²) in [5, 5.41) is 0. The van der Waals surface area contributed by atoms with Gasteiger partial charge in [-0.3, -0.25) is 4.90 Å². The van der Waals surface area contributed by atoms with Crippen molar-refractivity contribution in [1.29, 1.82) is 0 Å². The first-order valence-corrected chi connectivity index (χ1v) is 6.91. The quantitative estimate of drug-likeness (QED) is 0.810.